The molecular weight excluding hydrogens is 351 g/mol. The molecule has 6 nitrogen and oxygen atoms in total. The third kappa shape index (κ3) is 3.37. The molecule has 26 heavy (non-hydrogen) atoms. The number of nitrogens with zero attached hydrogens (tertiary/aromatic N) is 3. The highest BCUT2D eigenvalue weighted by molar-refractivity contribution is 6.23. The highest BCUT2D eigenvalue weighted by Crippen LogP contribution is 2.37. The lowest BCUT2D eigenvalue weighted by molar-refractivity contribution is -0.137. The number of halogens is 3. The predicted octanol–water partition coefficient (Wildman–Crippen LogP) is 2.90. The topological polar surface area (TPSA) is 84.6 Å². The Balaban J connectivity index is 2.53. The smallest absolute Gasteiger partial charge is 0.396 e. The summed E-state index contributed by atoms with van der Waals surface area (Å²) in [5, 5.41) is 17.8. The van der Waals surface area contributed by atoms with Crippen LogP contribution in [0, 0.1) is 11.3 Å². The van der Waals surface area contributed by atoms with Crippen molar-refractivity contribution in [1.82, 2.24) is 4.90 Å². The maximum atomic E-state index is 13.2. The average molecular weight is 371 g/mol. The standard InChI is InChI=1S/C17H18F3N3O3/c1-16(2)14(25)23(15(26)22(16)7-3-4-8-24)12-6-5-11(10-21)13(9-12)17(18,19)20/h5-6,9,24H,3-4,7-8H2,1-2H3/i6T. The first-order valence-corrected chi connectivity index (χ1v) is 7.85. The number of anilines is 1. The number of unbranched alkanes of at least 4 members (excludes halogenated alkanes) is 1. The Hall–Kier alpha value is -2.60. The molecule has 0 atom stereocenters. The maximum Gasteiger partial charge on any atom is 0.417 e. The fraction of sp³-hybridized carbons (Fsp3) is 0.471. The summed E-state index contributed by atoms with van der Waals surface area (Å²) in [7, 11) is 0. The number of hydrogen-bond donors (Lipinski definition) is 1. The Morgan fingerprint density at radius 1 is 1.35 bits per heavy atom. The lowest BCUT2D eigenvalue weighted by Crippen LogP contribution is -2.44. The molecular formula is C17H18F3N3O3. The van der Waals surface area contributed by atoms with Crippen LogP contribution in [-0.4, -0.2) is 40.6 Å². The molecule has 1 fully saturated rings. The number of imide groups is 1. The molecule has 3 amide bonds. The molecule has 1 aromatic carbocycles. The van der Waals surface area contributed by atoms with Crippen molar-refractivity contribution in [3.8, 4) is 6.07 Å². The van der Waals surface area contributed by atoms with Gasteiger partial charge in [-0.3, -0.25) is 4.79 Å². The number of alkyl halides is 3. The first kappa shape index (κ1) is 18.2. The van der Waals surface area contributed by atoms with Gasteiger partial charge in [0.15, 0.2) is 0 Å². The van der Waals surface area contributed by atoms with Gasteiger partial charge in [-0.2, -0.15) is 18.4 Å². The minimum atomic E-state index is -4.88. The number of rotatable bonds is 5. The molecule has 0 saturated carbocycles. The maximum absolute atomic E-state index is 13.2. The normalized spacial score (nSPS) is 17.5. The van der Waals surface area contributed by atoms with Gasteiger partial charge in [0.1, 0.15) is 5.54 Å². The SMILES string of the molecule is [3H]c1cc(C#N)c(C(F)(F)F)cc1N1C(=O)N(CCCCO)C(C)(C)C1=O. The number of aliphatic hydroxyl groups is 1. The zero-order valence-electron chi connectivity index (χ0n) is 15.2. The summed E-state index contributed by atoms with van der Waals surface area (Å²) in [5.41, 5.74) is -3.90. The van der Waals surface area contributed by atoms with Gasteiger partial charge in [-0.25, -0.2) is 9.69 Å². The van der Waals surface area contributed by atoms with E-state index < -0.39 is 46.5 Å². The van der Waals surface area contributed by atoms with Gasteiger partial charge in [0.25, 0.3) is 5.91 Å². The zero-order valence-corrected chi connectivity index (χ0v) is 14.2. The van der Waals surface area contributed by atoms with Gasteiger partial charge in [0.2, 0.25) is 0 Å². The van der Waals surface area contributed by atoms with Crippen LogP contribution in [0.25, 0.3) is 0 Å². The monoisotopic (exact) mass is 371 g/mol. The summed E-state index contributed by atoms with van der Waals surface area (Å²) in [6.07, 6.45) is -4.08. The molecule has 0 radical (unpaired) electrons. The Morgan fingerprint density at radius 2 is 2.00 bits per heavy atom. The Bertz CT molecular complexity index is 818. The van der Waals surface area contributed by atoms with Crippen molar-refractivity contribution in [1.29, 1.82) is 5.26 Å². The van der Waals surface area contributed by atoms with E-state index in [-0.39, 0.29) is 13.2 Å². The number of hydrogen-bond acceptors (Lipinski definition) is 4. The molecule has 2 rings (SSSR count). The molecule has 0 bridgehead atoms. The van der Waals surface area contributed by atoms with Crippen LogP contribution >= 0.6 is 0 Å². The molecule has 1 aliphatic rings. The molecule has 0 aromatic heterocycles. The lowest BCUT2D eigenvalue weighted by Gasteiger charge is -2.27. The van der Waals surface area contributed by atoms with E-state index in [2.05, 4.69) is 0 Å². The largest absolute Gasteiger partial charge is 0.417 e. The molecule has 0 unspecified atom stereocenters. The molecule has 1 heterocycles. The van der Waals surface area contributed by atoms with Crippen LogP contribution < -0.4 is 4.90 Å². The van der Waals surface area contributed by atoms with Crippen molar-refractivity contribution in [3.63, 3.8) is 0 Å². The third-order valence-electron chi connectivity index (χ3n) is 4.22. The molecule has 1 N–H and O–H groups in total. The van der Waals surface area contributed by atoms with Crippen molar-refractivity contribution < 1.29 is 29.2 Å². The molecule has 9 heteroatoms. The summed E-state index contributed by atoms with van der Waals surface area (Å²) in [6.45, 7) is 2.96. The Labute approximate surface area is 149 Å². The van der Waals surface area contributed by atoms with Crippen LogP contribution in [0.15, 0.2) is 18.2 Å². The van der Waals surface area contributed by atoms with Crippen LogP contribution in [0.1, 0.15) is 39.2 Å². The van der Waals surface area contributed by atoms with Gasteiger partial charge in [0.05, 0.1) is 24.3 Å². The van der Waals surface area contributed by atoms with Crippen LogP contribution in [0.3, 0.4) is 0 Å². The van der Waals surface area contributed by atoms with E-state index in [9.17, 15) is 22.8 Å². The number of benzene rings is 1. The van der Waals surface area contributed by atoms with Crippen LogP contribution in [0.4, 0.5) is 23.7 Å². The second kappa shape index (κ2) is 6.96. The molecule has 0 spiro atoms. The summed E-state index contributed by atoms with van der Waals surface area (Å²) < 4.78 is 47.6. The minimum Gasteiger partial charge on any atom is -0.396 e. The van der Waals surface area contributed by atoms with Crippen molar-refractivity contribution in [2.75, 3.05) is 18.1 Å². The van der Waals surface area contributed by atoms with E-state index in [1.807, 2.05) is 0 Å². The fourth-order valence-corrected chi connectivity index (χ4v) is 2.74. The molecule has 0 aliphatic carbocycles. The van der Waals surface area contributed by atoms with Gasteiger partial charge >= 0.3 is 12.2 Å². The van der Waals surface area contributed by atoms with Gasteiger partial charge in [0, 0.05) is 13.2 Å². The van der Waals surface area contributed by atoms with E-state index in [4.69, 9.17) is 11.7 Å². The van der Waals surface area contributed by atoms with Crippen molar-refractivity contribution in [2.24, 2.45) is 0 Å². The van der Waals surface area contributed by atoms with E-state index in [0.717, 1.165) is 0 Å². The van der Waals surface area contributed by atoms with Crippen LogP contribution in [0.2, 0.25) is 0 Å². The highest BCUT2D eigenvalue weighted by atomic mass is 19.4. The minimum absolute atomic E-state index is 0.0957. The molecule has 1 saturated heterocycles. The van der Waals surface area contributed by atoms with Crippen LogP contribution in [0.5, 0.6) is 0 Å². The average Bonchev–Trinajstić information content (AvgIpc) is 2.73. The predicted molar refractivity (Wildman–Crippen MR) is 86.1 cm³/mol. The molecule has 140 valence electrons. The summed E-state index contributed by atoms with van der Waals surface area (Å²) in [6, 6.07) is 1.19. The van der Waals surface area contributed by atoms with E-state index in [1.54, 1.807) is 0 Å². The van der Waals surface area contributed by atoms with E-state index >= 15 is 0 Å². The molecule has 1 aromatic rings. The first-order valence-electron chi connectivity index (χ1n) is 8.35. The quantitative estimate of drug-likeness (QED) is 0.637. The number of nitriles is 1. The number of carbonyl (C=O) groups is 2. The second-order valence-corrected chi connectivity index (χ2v) is 6.32. The highest BCUT2D eigenvalue weighted by Gasteiger charge is 2.51. The summed E-state index contributed by atoms with van der Waals surface area (Å²) in [4.78, 5) is 27.2. The number of aliphatic hydroxyl groups excluding tert-OH is 1. The second-order valence-electron chi connectivity index (χ2n) is 6.32. The van der Waals surface area contributed by atoms with Gasteiger partial charge in [-0.15, -0.1) is 0 Å². The van der Waals surface area contributed by atoms with Crippen molar-refractivity contribution >= 4 is 17.6 Å². The number of carbonyl (C=O) groups excluding carboxylic acids is 2. The van der Waals surface area contributed by atoms with Crippen LogP contribution in [-0.2, 0) is 11.0 Å². The first-order chi connectivity index (χ1) is 12.5. The lowest BCUT2D eigenvalue weighted by atomic mass is 10.0. The van der Waals surface area contributed by atoms with Gasteiger partial charge in [-0.05, 0) is 44.9 Å². The number of amides is 3. The fourth-order valence-electron chi connectivity index (χ4n) is 2.74. The van der Waals surface area contributed by atoms with Crippen molar-refractivity contribution in [2.45, 2.75) is 38.4 Å². The molecule has 1 aliphatic heterocycles. The summed E-state index contributed by atoms with van der Waals surface area (Å²) in [5.74, 6) is -0.761. The number of urea groups is 1. The summed E-state index contributed by atoms with van der Waals surface area (Å²) >= 11 is 0. The van der Waals surface area contributed by atoms with Gasteiger partial charge < -0.3 is 10.0 Å². The van der Waals surface area contributed by atoms with E-state index in [1.165, 1.54) is 24.8 Å². The Morgan fingerprint density at radius 3 is 2.54 bits per heavy atom. The zero-order chi connectivity index (χ0) is 20.6. The van der Waals surface area contributed by atoms with E-state index in [0.29, 0.717) is 29.9 Å². The Kier molecular flexibility index (Phi) is 4.87. The van der Waals surface area contributed by atoms with Gasteiger partial charge in [-0.1, -0.05) is 0 Å². The third-order valence-corrected chi connectivity index (χ3v) is 4.22. The van der Waals surface area contributed by atoms with Crippen molar-refractivity contribution in [3.05, 3.63) is 29.3 Å².